The average Bonchev–Trinajstić information content (AvgIpc) is 2.52. The molecule has 0 spiro atoms. The van der Waals surface area contributed by atoms with Crippen LogP contribution in [-0.2, 0) is 29.2 Å². The third-order valence-electron chi connectivity index (χ3n) is 4.81. The Morgan fingerprint density at radius 3 is 1.83 bits per heavy atom. The lowest BCUT2D eigenvalue weighted by Gasteiger charge is -2.33. The summed E-state index contributed by atoms with van der Waals surface area (Å²) in [6.45, 7) is 10.6. The number of ether oxygens (including phenoxy) is 2. The maximum Gasteiger partial charge on any atom is 0.311 e. The maximum absolute atomic E-state index is 12.6. The highest BCUT2D eigenvalue weighted by atomic mass is 32.2. The van der Waals surface area contributed by atoms with E-state index in [1.165, 1.54) is 0 Å². The Morgan fingerprint density at radius 1 is 0.897 bits per heavy atom. The fourth-order valence-corrected chi connectivity index (χ4v) is 3.60. The van der Waals surface area contributed by atoms with Gasteiger partial charge in [0.1, 0.15) is 13.2 Å². The number of quaternary nitrogens is 1. The standard InChI is InChI=1S/C20H39NO7S/c1-8-9-13-27-17(22)19(2,3)16-20(4,5)18(23)28-14-12-21(6,7)11-10-15-29(24,25)26/h8-16H2,1-7H3. The zero-order valence-electron chi connectivity index (χ0n) is 19.1. The van der Waals surface area contributed by atoms with Crippen LogP contribution < -0.4 is 0 Å². The van der Waals surface area contributed by atoms with Gasteiger partial charge in [-0.05, 0) is 40.5 Å². The number of hydrogen-bond donors (Lipinski definition) is 0. The van der Waals surface area contributed by atoms with Crippen molar-refractivity contribution in [3.8, 4) is 0 Å². The topological polar surface area (TPSA) is 110 Å². The Hall–Kier alpha value is -1.19. The largest absolute Gasteiger partial charge is 0.748 e. The lowest BCUT2D eigenvalue weighted by Crippen LogP contribution is -2.44. The van der Waals surface area contributed by atoms with Crippen LogP contribution >= 0.6 is 0 Å². The molecule has 0 aliphatic rings. The summed E-state index contributed by atoms with van der Waals surface area (Å²) in [6, 6.07) is 0. The quantitative estimate of drug-likeness (QED) is 0.177. The Kier molecular flexibility index (Phi) is 10.8. The Bertz CT molecular complexity index is 639. The molecule has 0 saturated carbocycles. The normalized spacial score (nSPS) is 13.2. The number of esters is 2. The molecule has 0 unspecified atom stereocenters. The Labute approximate surface area is 176 Å². The molecule has 0 radical (unpaired) electrons. The molecule has 9 heteroatoms. The second-order valence-electron chi connectivity index (χ2n) is 9.57. The number of unbranched alkanes of at least 4 members (excludes halogenated alkanes) is 1. The van der Waals surface area contributed by atoms with Crippen LogP contribution in [-0.4, -0.2) is 75.5 Å². The molecule has 0 fully saturated rings. The molecule has 0 aliphatic heterocycles. The van der Waals surface area contributed by atoms with E-state index in [-0.39, 0.29) is 19.0 Å². The summed E-state index contributed by atoms with van der Waals surface area (Å²) in [5.41, 5.74) is -1.67. The minimum absolute atomic E-state index is 0.167. The van der Waals surface area contributed by atoms with Crippen molar-refractivity contribution in [2.24, 2.45) is 10.8 Å². The third-order valence-corrected chi connectivity index (χ3v) is 5.60. The highest BCUT2D eigenvalue weighted by Crippen LogP contribution is 2.35. The van der Waals surface area contributed by atoms with Crippen molar-refractivity contribution in [3.63, 3.8) is 0 Å². The van der Waals surface area contributed by atoms with Crippen molar-refractivity contribution >= 4 is 22.1 Å². The minimum atomic E-state index is -4.22. The van der Waals surface area contributed by atoms with Gasteiger partial charge in [0.25, 0.3) is 0 Å². The van der Waals surface area contributed by atoms with Gasteiger partial charge in [-0.2, -0.15) is 0 Å². The number of carbonyl (C=O) groups is 2. The van der Waals surface area contributed by atoms with Gasteiger partial charge in [0.05, 0.1) is 48.2 Å². The monoisotopic (exact) mass is 437 g/mol. The summed E-state index contributed by atoms with van der Waals surface area (Å²) in [4.78, 5) is 24.9. The van der Waals surface area contributed by atoms with E-state index in [0.29, 0.717) is 30.6 Å². The Balaban J connectivity index is 4.57. The number of hydrogen-bond acceptors (Lipinski definition) is 7. The van der Waals surface area contributed by atoms with Crippen LogP contribution in [0, 0.1) is 10.8 Å². The first-order valence-corrected chi connectivity index (χ1v) is 11.7. The van der Waals surface area contributed by atoms with Gasteiger partial charge in [-0.1, -0.05) is 13.3 Å². The first kappa shape index (κ1) is 27.8. The van der Waals surface area contributed by atoms with Crippen molar-refractivity contribution in [1.29, 1.82) is 0 Å². The molecule has 8 nitrogen and oxygen atoms in total. The molecule has 0 aromatic carbocycles. The van der Waals surface area contributed by atoms with E-state index < -0.39 is 32.7 Å². The maximum atomic E-state index is 12.6. The summed E-state index contributed by atoms with van der Waals surface area (Å²) in [7, 11) is -0.454. The number of nitrogens with zero attached hydrogens (tertiary/aromatic N) is 1. The summed E-state index contributed by atoms with van der Waals surface area (Å²) >= 11 is 0. The van der Waals surface area contributed by atoms with Crippen molar-refractivity contribution in [2.45, 2.75) is 60.3 Å². The van der Waals surface area contributed by atoms with Gasteiger partial charge < -0.3 is 18.5 Å². The van der Waals surface area contributed by atoms with E-state index in [1.54, 1.807) is 27.7 Å². The fraction of sp³-hybridized carbons (Fsp3) is 0.900. The molecule has 0 aliphatic carbocycles. The third kappa shape index (κ3) is 12.2. The molecule has 0 bridgehead atoms. The molecular weight excluding hydrogens is 398 g/mol. The van der Waals surface area contributed by atoms with E-state index in [9.17, 15) is 22.6 Å². The highest BCUT2D eigenvalue weighted by Gasteiger charge is 2.41. The minimum Gasteiger partial charge on any atom is -0.748 e. The molecule has 0 saturated heterocycles. The van der Waals surface area contributed by atoms with Crippen molar-refractivity contribution in [2.75, 3.05) is 46.2 Å². The van der Waals surface area contributed by atoms with Gasteiger partial charge in [0, 0.05) is 12.2 Å². The summed E-state index contributed by atoms with van der Waals surface area (Å²) in [6.07, 6.45) is 2.30. The van der Waals surface area contributed by atoms with Gasteiger partial charge in [-0.15, -0.1) is 0 Å². The van der Waals surface area contributed by atoms with Crippen molar-refractivity contribution < 1.29 is 36.5 Å². The summed E-state index contributed by atoms with van der Waals surface area (Å²) in [5, 5.41) is 0. The van der Waals surface area contributed by atoms with Crippen LogP contribution in [0.25, 0.3) is 0 Å². The Morgan fingerprint density at radius 2 is 1.38 bits per heavy atom. The molecule has 172 valence electrons. The molecule has 0 aromatic rings. The van der Waals surface area contributed by atoms with E-state index in [0.717, 1.165) is 12.8 Å². The summed E-state index contributed by atoms with van der Waals surface area (Å²) < 4.78 is 43.3. The second-order valence-corrected chi connectivity index (χ2v) is 11.1. The van der Waals surface area contributed by atoms with Gasteiger partial charge in [-0.3, -0.25) is 9.59 Å². The van der Waals surface area contributed by atoms with Gasteiger partial charge in [0.2, 0.25) is 0 Å². The van der Waals surface area contributed by atoms with Crippen LogP contribution in [0.2, 0.25) is 0 Å². The second kappa shape index (κ2) is 11.3. The van der Waals surface area contributed by atoms with Crippen LogP contribution in [0.5, 0.6) is 0 Å². The lowest BCUT2D eigenvalue weighted by molar-refractivity contribution is -0.890. The molecule has 0 heterocycles. The molecule has 0 aromatic heterocycles. The van der Waals surface area contributed by atoms with Gasteiger partial charge in [0.15, 0.2) is 0 Å². The van der Waals surface area contributed by atoms with E-state index in [1.807, 2.05) is 21.0 Å². The smallest absolute Gasteiger partial charge is 0.311 e. The fourth-order valence-electron chi connectivity index (χ4n) is 3.12. The molecule has 0 rings (SSSR count). The van der Waals surface area contributed by atoms with Crippen molar-refractivity contribution in [3.05, 3.63) is 0 Å². The molecule has 0 N–H and O–H groups in total. The average molecular weight is 438 g/mol. The molecule has 0 amide bonds. The molecular formula is C20H39NO7S. The highest BCUT2D eigenvalue weighted by molar-refractivity contribution is 7.85. The zero-order chi connectivity index (χ0) is 22.9. The SMILES string of the molecule is CCCCOC(=O)C(C)(C)CC(C)(C)C(=O)OCC[N+](C)(C)CCCS(=O)(=O)[O-]. The molecule has 29 heavy (non-hydrogen) atoms. The number of likely N-dealkylation sites (N-methyl/N-ethyl adjacent to an activating group) is 1. The number of rotatable bonds is 14. The first-order chi connectivity index (χ1) is 13.0. The lowest BCUT2D eigenvalue weighted by atomic mass is 9.75. The summed E-state index contributed by atoms with van der Waals surface area (Å²) in [5.74, 6) is -1.11. The van der Waals surface area contributed by atoms with Crippen LogP contribution in [0.3, 0.4) is 0 Å². The van der Waals surface area contributed by atoms with E-state index in [2.05, 4.69) is 0 Å². The predicted molar refractivity (Wildman–Crippen MR) is 110 cm³/mol. The van der Waals surface area contributed by atoms with E-state index in [4.69, 9.17) is 9.47 Å². The van der Waals surface area contributed by atoms with Gasteiger partial charge >= 0.3 is 11.9 Å². The molecule has 0 atom stereocenters. The van der Waals surface area contributed by atoms with Gasteiger partial charge in [-0.25, -0.2) is 8.42 Å². The number of carbonyl (C=O) groups excluding carboxylic acids is 2. The first-order valence-electron chi connectivity index (χ1n) is 10.1. The van der Waals surface area contributed by atoms with Crippen LogP contribution in [0.4, 0.5) is 0 Å². The zero-order valence-corrected chi connectivity index (χ0v) is 19.9. The predicted octanol–water partition coefficient (Wildman–Crippen LogP) is 2.33. The van der Waals surface area contributed by atoms with E-state index >= 15 is 0 Å². The van der Waals surface area contributed by atoms with Crippen LogP contribution in [0.15, 0.2) is 0 Å². The van der Waals surface area contributed by atoms with Crippen LogP contribution in [0.1, 0.15) is 60.3 Å². The van der Waals surface area contributed by atoms with Crippen molar-refractivity contribution in [1.82, 2.24) is 0 Å².